The summed E-state index contributed by atoms with van der Waals surface area (Å²) in [5.74, 6) is -0.824. The van der Waals surface area contributed by atoms with Crippen LogP contribution in [0.5, 0.6) is 0 Å². The lowest BCUT2D eigenvalue weighted by Gasteiger charge is -2.21. The number of carboxylic acid groups (broad SMARTS) is 1. The molecule has 5 nitrogen and oxygen atoms in total. The minimum atomic E-state index is -0.824. The predicted octanol–water partition coefficient (Wildman–Crippen LogP) is 2.07. The second-order valence-corrected chi connectivity index (χ2v) is 4.41. The Kier molecular flexibility index (Phi) is 8.19. The lowest BCUT2D eigenvalue weighted by molar-refractivity contribution is -0.137. The van der Waals surface area contributed by atoms with E-state index in [4.69, 9.17) is 5.11 Å². The number of urea groups is 1. The standard InChI is InChI=1S/C12H24N2O3/c1-4-5-7-10(2)13-12(17)14(3)9-6-8-11(15)16/h10H,4-9H2,1-3H3,(H,13,17)(H,15,16). The number of carboxylic acids is 1. The van der Waals surface area contributed by atoms with Gasteiger partial charge in [-0.3, -0.25) is 4.79 Å². The van der Waals surface area contributed by atoms with Crippen molar-refractivity contribution in [1.82, 2.24) is 10.2 Å². The van der Waals surface area contributed by atoms with Gasteiger partial charge >= 0.3 is 12.0 Å². The molecule has 2 amide bonds. The molecule has 100 valence electrons. The predicted molar refractivity (Wildman–Crippen MR) is 67.0 cm³/mol. The number of nitrogens with zero attached hydrogens (tertiary/aromatic N) is 1. The Morgan fingerprint density at radius 1 is 1.35 bits per heavy atom. The van der Waals surface area contributed by atoms with Crippen LogP contribution in [0.1, 0.15) is 46.0 Å². The van der Waals surface area contributed by atoms with Gasteiger partial charge in [0.1, 0.15) is 0 Å². The van der Waals surface area contributed by atoms with Crippen LogP contribution in [0.2, 0.25) is 0 Å². The van der Waals surface area contributed by atoms with E-state index in [0.717, 1.165) is 19.3 Å². The van der Waals surface area contributed by atoms with Crippen LogP contribution in [0.25, 0.3) is 0 Å². The van der Waals surface area contributed by atoms with Gasteiger partial charge < -0.3 is 15.3 Å². The maximum absolute atomic E-state index is 11.7. The number of carbonyl (C=O) groups is 2. The summed E-state index contributed by atoms with van der Waals surface area (Å²) in [5.41, 5.74) is 0. The zero-order valence-electron chi connectivity index (χ0n) is 11.0. The molecule has 0 fully saturated rings. The fourth-order valence-corrected chi connectivity index (χ4v) is 1.47. The molecule has 0 aliphatic carbocycles. The van der Waals surface area contributed by atoms with Crippen LogP contribution < -0.4 is 5.32 Å². The van der Waals surface area contributed by atoms with E-state index in [9.17, 15) is 9.59 Å². The summed E-state index contributed by atoms with van der Waals surface area (Å²) in [6, 6.07) is 0.0448. The summed E-state index contributed by atoms with van der Waals surface area (Å²) in [5, 5.41) is 11.4. The first-order chi connectivity index (χ1) is 7.97. The molecule has 0 radical (unpaired) electrons. The molecular formula is C12H24N2O3. The number of rotatable bonds is 8. The van der Waals surface area contributed by atoms with Gasteiger partial charge in [0, 0.05) is 26.1 Å². The van der Waals surface area contributed by atoms with Crippen LogP contribution in [-0.2, 0) is 4.79 Å². The third-order valence-corrected chi connectivity index (χ3v) is 2.59. The third-order valence-electron chi connectivity index (χ3n) is 2.59. The van der Waals surface area contributed by atoms with E-state index < -0.39 is 5.97 Å². The lowest BCUT2D eigenvalue weighted by atomic mass is 10.1. The fraction of sp³-hybridized carbons (Fsp3) is 0.833. The molecule has 0 spiro atoms. The molecule has 0 rings (SSSR count). The SMILES string of the molecule is CCCCC(C)NC(=O)N(C)CCCC(=O)O. The number of unbranched alkanes of at least 4 members (excludes halogenated alkanes) is 1. The normalized spacial score (nSPS) is 11.9. The Bertz CT molecular complexity index is 244. The van der Waals surface area contributed by atoms with Crippen LogP contribution >= 0.6 is 0 Å². The molecule has 0 heterocycles. The van der Waals surface area contributed by atoms with Crippen LogP contribution in [0.3, 0.4) is 0 Å². The first-order valence-corrected chi connectivity index (χ1v) is 6.20. The minimum absolute atomic E-state index is 0.100. The Morgan fingerprint density at radius 2 is 2.00 bits per heavy atom. The summed E-state index contributed by atoms with van der Waals surface area (Å²) in [6.45, 7) is 4.57. The molecule has 0 bridgehead atoms. The Labute approximate surface area is 103 Å². The molecule has 1 atom stereocenters. The van der Waals surface area contributed by atoms with Crippen LogP contribution in [-0.4, -0.2) is 41.6 Å². The van der Waals surface area contributed by atoms with Gasteiger partial charge in [0.2, 0.25) is 0 Å². The highest BCUT2D eigenvalue weighted by Crippen LogP contribution is 2.01. The molecule has 2 N–H and O–H groups in total. The van der Waals surface area contributed by atoms with E-state index in [1.54, 1.807) is 7.05 Å². The monoisotopic (exact) mass is 244 g/mol. The van der Waals surface area contributed by atoms with Gasteiger partial charge in [0.05, 0.1) is 0 Å². The molecule has 0 aliphatic rings. The molecular weight excluding hydrogens is 220 g/mol. The highest BCUT2D eigenvalue weighted by Gasteiger charge is 2.11. The second kappa shape index (κ2) is 8.84. The third kappa shape index (κ3) is 8.54. The van der Waals surface area contributed by atoms with E-state index >= 15 is 0 Å². The summed E-state index contributed by atoms with van der Waals surface area (Å²) in [6.07, 6.45) is 3.79. The van der Waals surface area contributed by atoms with Crippen molar-refractivity contribution in [3.8, 4) is 0 Å². The highest BCUT2D eigenvalue weighted by molar-refractivity contribution is 5.74. The van der Waals surface area contributed by atoms with Crippen molar-refractivity contribution in [2.45, 2.75) is 52.0 Å². The summed E-state index contributed by atoms with van der Waals surface area (Å²) >= 11 is 0. The average Bonchev–Trinajstić information content (AvgIpc) is 2.25. The summed E-state index contributed by atoms with van der Waals surface area (Å²) < 4.78 is 0. The van der Waals surface area contributed by atoms with Crippen molar-refractivity contribution < 1.29 is 14.7 Å². The van der Waals surface area contributed by atoms with Gasteiger partial charge in [-0.15, -0.1) is 0 Å². The van der Waals surface area contributed by atoms with Crippen LogP contribution in [0, 0.1) is 0 Å². The van der Waals surface area contributed by atoms with Gasteiger partial charge in [-0.1, -0.05) is 19.8 Å². The van der Waals surface area contributed by atoms with Gasteiger partial charge in [-0.2, -0.15) is 0 Å². The zero-order valence-corrected chi connectivity index (χ0v) is 11.0. The molecule has 17 heavy (non-hydrogen) atoms. The van der Waals surface area contributed by atoms with Gasteiger partial charge in [0.25, 0.3) is 0 Å². The van der Waals surface area contributed by atoms with E-state index in [1.807, 2.05) is 6.92 Å². The fourth-order valence-electron chi connectivity index (χ4n) is 1.47. The van der Waals surface area contributed by atoms with Gasteiger partial charge in [-0.25, -0.2) is 4.79 Å². The van der Waals surface area contributed by atoms with Crippen LogP contribution in [0.4, 0.5) is 4.79 Å². The Morgan fingerprint density at radius 3 is 2.53 bits per heavy atom. The topological polar surface area (TPSA) is 69.6 Å². The summed E-state index contributed by atoms with van der Waals surface area (Å²) in [7, 11) is 1.68. The number of hydrogen-bond donors (Lipinski definition) is 2. The molecule has 1 unspecified atom stereocenters. The number of amides is 2. The molecule has 0 aromatic heterocycles. The van der Waals surface area contributed by atoms with Crippen molar-refractivity contribution in [2.24, 2.45) is 0 Å². The van der Waals surface area contributed by atoms with E-state index in [1.165, 1.54) is 4.90 Å². The first-order valence-electron chi connectivity index (χ1n) is 6.20. The maximum Gasteiger partial charge on any atom is 0.317 e. The van der Waals surface area contributed by atoms with E-state index in [2.05, 4.69) is 12.2 Å². The van der Waals surface area contributed by atoms with Gasteiger partial charge in [0.15, 0.2) is 0 Å². The number of carbonyl (C=O) groups excluding carboxylic acids is 1. The Hall–Kier alpha value is -1.26. The smallest absolute Gasteiger partial charge is 0.317 e. The zero-order chi connectivity index (χ0) is 13.3. The van der Waals surface area contributed by atoms with Crippen LogP contribution in [0.15, 0.2) is 0 Å². The molecule has 0 saturated heterocycles. The average molecular weight is 244 g/mol. The lowest BCUT2D eigenvalue weighted by Crippen LogP contribution is -2.42. The van der Waals surface area contributed by atoms with Crippen molar-refractivity contribution in [3.05, 3.63) is 0 Å². The largest absolute Gasteiger partial charge is 0.481 e. The van der Waals surface area contributed by atoms with Crippen molar-refractivity contribution in [3.63, 3.8) is 0 Å². The number of aliphatic carboxylic acids is 1. The van der Waals surface area contributed by atoms with Gasteiger partial charge in [-0.05, 0) is 19.8 Å². The quantitative estimate of drug-likeness (QED) is 0.686. The minimum Gasteiger partial charge on any atom is -0.481 e. The highest BCUT2D eigenvalue weighted by atomic mass is 16.4. The first kappa shape index (κ1) is 15.7. The second-order valence-electron chi connectivity index (χ2n) is 4.41. The van der Waals surface area contributed by atoms with Crippen molar-refractivity contribution in [1.29, 1.82) is 0 Å². The van der Waals surface area contributed by atoms with E-state index in [0.29, 0.717) is 13.0 Å². The molecule has 0 saturated carbocycles. The number of hydrogen-bond acceptors (Lipinski definition) is 2. The number of nitrogens with one attached hydrogen (secondary N) is 1. The van der Waals surface area contributed by atoms with Crippen molar-refractivity contribution in [2.75, 3.05) is 13.6 Å². The molecule has 0 aliphatic heterocycles. The molecule has 0 aromatic rings. The summed E-state index contributed by atoms with van der Waals surface area (Å²) in [4.78, 5) is 23.5. The molecule has 5 heteroatoms. The maximum atomic E-state index is 11.7. The molecule has 0 aromatic carbocycles. The van der Waals surface area contributed by atoms with E-state index in [-0.39, 0.29) is 18.5 Å². The Balaban J connectivity index is 3.76. The van der Waals surface area contributed by atoms with Crippen molar-refractivity contribution >= 4 is 12.0 Å².